The molecule has 4 nitrogen and oxygen atoms in total. The first-order valence-corrected chi connectivity index (χ1v) is 6.35. The van der Waals surface area contributed by atoms with Crippen LogP contribution in [0.15, 0.2) is 18.2 Å². The molecule has 0 unspecified atom stereocenters. The van der Waals surface area contributed by atoms with E-state index in [9.17, 15) is 14.0 Å². The molecule has 0 bridgehead atoms. The standard InChI is InChI=1S/C14H17FN2O2/c1-8-5-6-11(15)10(7-8)14(19)17-12-4-2-3-9(12)13(16)18/h5-7,9,12H,2-4H2,1H3,(H2,16,18)(H,17,19)/t9-,12+/m1/s1. The number of hydrogen-bond donors (Lipinski definition) is 2. The highest BCUT2D eigenvalue weighted by atomic mass is 19.1. The second-order valence-corrected chi connectivity index (χ2v) is 5.00. The molecule has 2 amide bonds. The highest BCUT2D eigenvalue weighted by Crippen LogP contribution is 2.25. The van der Waals surface area contributed by atoms with Crippen molar-refractivity contribution in [3.05, 3.63) is 35.1 Å². The predicted octanol–water partition coefficient (Wildman–Crippen LogP) is 1.52. The molecule has 2 atom stereocenters. The third kappa shape index (κ3) is 2.92. The zero-order valence-electron chi connectivity index (χ0n) is 10.8. The van der Waals surface area contributed by atoms with Gasteiger partial charge in [0.25, 0.3) is 5.91 Å². The number of halogens is 1. The first-order chi connectivity index (χ1) is 8.99. The summed E-state index contributed by atoms with van der Waals surface area (Å²) in [6.45, 7) is 1.79. The molecule has 3 N–H and O–H groups in total. The molecule has 1 aromatic carbocycles. The van der Waals surface area contributed by atoms with Gasteiger partial charge in [0.15, 0.2) is 0 Å². The van der Waals surface area contributed by atoms with Crippen molar-refractivity contribution in [3.8, 4) is 0 Å². The van der Waals surface area contributed by atoms with E-state index in [1.54, 1.807) is 13.0 Å². The highest BCUT2D eigenvalue weighted by Gasteiger charge is 2.33. The summed E-state index contributed by atoms with van der Waals surface area (Å²) in [6.07, 6.45) is 2.22. The van der Waals surface area contributed by atoms with Gasteiger partial charge < -0.3 is 11.1 Å². The van der Waals surface area contributed by atoms with Crippen molar-refractivity contribution in [2.75, 3.05) is 0 Å². The summed E-state index contributed by atoms with van der Waals surface area (Å²) in [5.74, 6) is -1.81. The molecular formula is C14H17FN2O2. The Morgan fingerprint density at radius 1 is 1.37 bits per heavy atom. The second kappa shape index (κ2) is 5.38. The van der Waals surface area contributed by atoms with Crippen molar-refractivity contribution in [1.29, 1.82) is 0 Å². The number of rotatable bonds is 3. The van der Waals surface area contributed by atoms with E-state index >= 15 is 0 Å². The van der Waals surface area contributed by atoms with E-state index in [2.05, 4.69) is 5.32 Å². The Hall–Kier alpha value is -1.91. The van der Waals surface area contributed by atoms with E-state index in [-0.39, 0.29) is 17.5 Å². The van der Waals surface area contributed by atoms with Crippen LogP contribution in [0.3, 0.4) is 0 Å². The quantitative estimate of drug-likeness (QED) is 0.868. The van der Waals surface area contributed by atoms with Crippen molar-refractivity contribution >= 4 is 11.8 Å². The number of primary amides is 1. The van der Waals surface area contributed by atoms with E-state index in [0.717, 1.165) is 12.0 Å². The fraction of sp³-hybridized carbons (Fsp3) is 0.429. The number of hydrogen-bond acceptors (Lipinski definition) is 2. The molecule has 5 heteroatoms. The van der Waals surface area contributed by atoms with Gasteiger partial charge in [-0.2, -0.15) is 0 Å². The van der Waals surface area contributed by atoms with Gasteiger partial charge in [-0.15, -0.1) is 0 Å². The Balaban J connectivity index is 2.12. The summed E-state index contributed by atoms with van der Waals surface area (Å²) in [4.78, 5) is 23.3. The summed E-state index contributed by atoms with van der Waals surface area (Å²) >= 11 is 0. The molecule has 1 saturated carbocycles. The third-order valence-electron chi connectivity index (χ3n) is 3.56. The fourth-order valence-corrected chi connectivity index (χ4v) is 2.53. The molecule has 19 heavy (non-hydrogen) atoms. The summed E-state index contributed by atoms with van der Waals surface area (Å²) in [7, 11) is 0. The van der Waals surface area contributed by atoms with Crippen LogP contribution in [0.25, 0.3) is 0 Å². The lowest BCUT2D eigenvalue weighted by atomic mass is 10.0. The number of carbonyl (C=O) groups excluding carboxylic acids is 2. The number of nitrogens with one attached hydrogen (secondary N) is 1. The zero-order valence-corrected chi connectivity index (χ0v) is 10.8. The maximum atomic E-state index is 13.6. The monoisotopic (exact) mass is 264 g/mol. The predicted molar refractivity (Wildman–Crippen MR) is 68.9 cm³/mol. The molecule has 1 aromatic rings. The molecule has 0 radical (unpaired) electrons. The van der Waals surface area contributed by atoms with E-state index < -0.39 is 17.6 Å². The van der Waals surface area contributed by atoms with Crippen molar-refractivity contribution in [3.63, 3.8) is 0 Å². The first kappa shape index (κ1) is 13.5. The lowest BCUT2D eigenvalue weighted by Crippen LogP contribution is -2.42. The van der Waals surface area contributed by atoms with Crippen LogP contribution in [0.5, 0.6) is 0 Å². The fourth-order valence-electron chi connectivity index (χ4n) is 2.53. The molecule has 0 spiro atoms. The Bertz CT molecular complexity index is 516. The van der Waals surface area contributed by atoms with Crippen molar-refractivity contribution in [1.82, 2.24) is 5.32 Å². The largest absolute Gasteiger partial charge is 0.369 e. The summed E-state index contributed by atoms with van der Waals surface area (Å²) in [5, 5.41) is 2.71. The van der Waals surface area contributed by atoms with Crippen LogP contribution >= 0.6 is 0 Å². The average Bonchev–Trinajstić information content (AvgIpc) is 2.80. The smallest absolute Gasteiger partial charge is 0.254 e. The van der Waals surface area contributed by atoms with Crippen LogP contribution in [-0.2, 0) is 4.79 Å². The Morgan fingerprint density at radius 3 is 2.79 bits per heavy atom. The van der Waals surface area contributed by atoms with Gasteiger partial charge in [0, 0.05) is 6.04 Å². The summed E-state index contributed by atoms with van der Waals surface area (Å²) in [6, 6.07) is 4.09. The van der Waals surface area contributed by atoms with Crippen LogP contribution < -0.4 is 11.1 Å². The Morgan fingerprint density at radius 2 is 2.11 bits per heavy atom. The van der Waals surface area contributed by atoms with Crippen molar-refractivity contribution in [2.24, 2.45) is 11.7 Å². The molecular weight excluding hydrogens is 247 g/mol. The zero-order chi connectivity index (χ0) is 14.0. The minimum absolute atomic E-state index is 0.00937. The topological polar surface area (TPSA) is 72.2 Å². The van der Waals surface area contributed by atoms with Gasteiger partial charge in [-0.1, -0.05) is 18.1 Å². The molecule has 2 rings (SSSR count). The van der Waals surface area contributed by atoms with Crippen LogP contribution in [0, 0.1) is 18.7 Å². The summed E-state index contributed by atoms with van der Waals surface area (Å²) in [5.41, 5.74) is 6.11. The van der Waals surface area contributed by atoms with E-state index in [1.807, 2.05) is 0 Å². The van der Waals surface area contributed by atoms with Crippen LogP contribution in [0.2, 0.25) is 0 Å². The lowest BCUT2D eigenvalue weighted by molar-refractivity contribution is -0.122. The second-order valence-electron chi connectivity index (χ2n) is 5.00. The van der Waals surface area contributed by atoms with Gasteiger partial charge in [0.1, 0.15) is 5.82 Å². The normalized spacial score (nSPS) is 22.2. The number of carbonyl (C=O) groups is 2. The molecule has 1 aliphatic rings. The van der Waals surface area contributed by atoms with Crippen LogP contribution in [0.1, 0.15) is 35.2 Å². The number of benzene rings is 1. The van der Waals surface area contributed by atoms with Gasteiger partial charge in [-0.3, -0.25) is 9.59 Å². The maximum Gasteiger partial charge on any atom is 0.254 e. The third-order valence-corrected chi connectivity index (χ3v) is 3.56. The van der Waals surface area contributed by atoms with E-state index in [4.69, 9.17) is 5.73 Å². The SMILES string of the molecule is Cc1ccc(F)c(C(=O)N[C@H]2CCC[C@H]2C(N)=O)c1. The summed E-state index contributed by atoms with van der Waals surface area (Å²) < 4.78 is 13.6. The van der Waals surface area contributed by atoms with Gasteiger partial charge in [-0.25, -0.2) is 4.39 Å². The Labute approximate surface area is 111 Å². The van der Waals surface area contributed by atoms with E-state index in [1.165, 1.54) is 12.1 Å². The lowest BCUT2D eigenvalue weighted by Gasteiger charge is -2.18. The van der Waals surface area contributed by atoms with Crippen molar-refractivity contribution in [2.45, 2.75) is 32.2 Å². The molecule has 0 aromatic heterocycles. The molecule has 102 valence electrons. The van der Waals surface area contributed by atoms with Crippen molar-refractivity contribution < 1.29 is 14.0 Å². The molecule has 1 aliphatic carbocycles. The first-order valence-electron chi connectivity index (χ1n) is 6.35. The Kier molecular flexibility index (Phi) is 3.83. The van der Waals surface area contributed by atoms with Crippen LogP contribution in [0.4, 0.5) is 4.39 Å². The average molecular weight is 264 g/mol. The van der Waals surface area contributed by atoms with Crippen LogP contribution in [-0.4, -0.2) is 17.9 Å². The minimum Gasteiger partial charge on any atom is -0.369 e. The van der Waals surface area contributed by atoms with E-state index in [0.29, 0.717) is 12.8 Å². The van der Waals surface area contributed by atoms with Gasteiger partial charge in [0.2, 0.25) is 5.91 Å². The number of aryl methyl sites for hydroxylation is 1. The number of nitrogens with two attached hydrogens (primary N) is 1. The molecule has 0 saturated heterocycles. The molecule has 0 heterocycles. The maximum absolute atomic E-state index is 13.6. The van der Waals surface area contributed by atoms with Gasteiger partial charge in [-0.05, 0) is 31.9 Å². The highest BCUT2D eigenvalue weighted by molar-refractivity contribution is 5.95. The minimum atomic E-state index is -0.559. The molecule has 0 aliphatic heterocycles. The molecule has 1 fully saturated rings. The number of amides is 2. The van der Waals surface area contributed by atoms with Gasteiger partial charge >= 0.3 is 0 Å². The van der Waals surface area contributed by atoms with Gasteiger partial charge in [0.05, 0.1) is 11.5 Å².